The maximum absolute atomic E-state index is 12.6. The standard InChI is InChI=1S/C18H29N5O/c1-12(2)23-16-9-19-22(18(16)15(5)20-23)7-6-17(24)21-10-13(3)8-14(4)11-21/h9,12-14H,6-8,10-11H2,1-5H3. The van der Waals surface area contributed by atoms with Crippen LogP contribution in [0, 0.1) is 18.8 Å². The molecule has 1 aliphatic heterocycles. The first-order valence-electron chi connectivity index (χ1n) is 9.05. The van der Waals surface area contributed by atoms with E-state index in [2.05, 4.69) is 37.9 Å². The van der Waals surface area contributed by atoms with E-state index < -0.39 is 0 Å². The van der Waals surface area contributed by atoms with Gasteiger partial charge in [-0.2, -0.15) is 10.2 Å². The molecule has 1 fully saturated rings. The molecule has 0 N–H and O–H groups in total. The third-order valence-electron chi connectivity index (χ3n) is 4.92. The Morgan fingerprint density at radius 2 is 1.96 bits per heavy atom. The van der Waals surface area contributed by atoms with Crippen molar-refractivity contribution in [2.75, 3.05) is 13.1 Å². The van der Waals surface area contributed by atoms with Crippen LogP contribution < -0.4 is 0 Å². The summed E-state index contributed by atoms with van der Waals surface area (Å²) in [4.78, 5) is 14.6. The molecule has 2 aromatic rings. The fourth-order valence-corrected chi connectivity index (χ4v) is 3.97. The van der Waals surface area contributed by atoms with Gasteiger partial charge in [-0.25, -0.2) is 0 Å². The zero-order valence-electron chi connectivity index (χ0n) is 15.5. The van der Waals surface area contributed by atoms with Gasteiger partial charge in [0.1, 0.15) is 11.0 Å². The Balaban J connectivity index is 1.71. The number of aryl methyl sites for hydroxylation is 2. The molecular weight excluding hydrogens is 302 g/mol. The van der Waals surface area contributed by atoms with Crippen LogP contribution in [0.4, 0.5) is 0 Å². The van der Waals surface area contributed by atoms with Crippen LogP contribution in [0.2, 0.25) is 0 Å². The van der Waals surface area contributed by atoms with Crippen molar-refractivity contribution in [1.82, 2.24) is 24.5 Å². The second kappa shape index (κ2) is 6.57. The molecule has 0 bridgehead atoms. The molecule has 24 heavy (non-hydrogen) atoms. The lowest BCUT2D eigenvalue weighted by Crippen LogP contribution is -2.42. The fourth-order valence-electron chi connectivity index (χ4n) is 3.97. The average molecular weight is 331 g/mol. The Hall–Kier alpha value is -1.85. The molecule has 132 valence electrons. The van der Waals surface area contributed by atoms with E-state index in [-0.39, 0.29) is 5.91 Å². The minimum atomic E-state index is 0.242. The number of amides is 1. The van der Waals surface area contributed by atoms with Crippen molar-refractivity contribution in [3.05, 3.63) is 11.9 Å². The number of hydrogen-bond donors (Lipinski definition) is 0. The molecule has 1 aliphatic rings. The second-order valence-electron chi connectivity index (χ2n) is 7.72. The molecule has 0 aliphatic carbocycles. The molecular formula is C18H29N5O. The van der Waals surface area contributed by atoms with Crippen molar-refractivity contribution in [3.8, 4) is 0 Å². The average Bonchev–Trinajstić information content (AvgIpc) is 3.05. The first-order valence-corrected chi connectivity index (χ1v) is 9.05. The number of hydrogen-bond acceptors (Lipinski definition) is 3. The summed E-state index contributed by atoms with van der Waals surface area (Å²) >= 11 is 0. The summed E-state index contributed by atoms with van der Waals surface area (Å²) in [5, 5.41) is 9.10. The summed E-state index contributed by atoms with van der Waals surface area (Å²) in [6.07, 6.45) is 3.59. The Kier molecular flexibility index (Phi) is 4.65. The van der Waals surface area contributed by atoms with Crippen molar-refractivity contribution in [2.24, 2.45) is 11.8 Å². The van der Waals surface area contributed by atoms with E-state index in [0.717, 1.165) is 29.8 Å². The summed E-state index contributed by atoms with van der Waals surface area (Å²) in [5.74, 6) is 1.44. The monoisotopic (exact) mass is 331 g/mol. The first-order chi connectivity index (χ1) is 11.4. The van der Waals surface area contributed by atoms with Gasteiger partial charge >= 0.3 is 0 Å². The van der Waals surface area contributed by atoms with Crippen molar-refractivity contribution in [3.63, 3.8) is 0 Å². The Labute approximate surface area is 143 Å². The van der Waals surface area contributed by atoms with E-state index in [9.17, 15) is 4.79 Å². The lowest BCUT2D eigenvalue weighted by atomic mass is 9.92. The summed E-state index contributed by atoms with van der Waals surface area (Å²) in [6.45, 7) is 13.1. The lowest BCUT2D eigenvalue weighted by Gasteiger charge is -2.35. The highest BCUT2D eigenvalue weighted by Crippen LogP contribution is 2.23. The number of fused-ring (bicyclic) bond motifs is 1. The maximum atomic E-state index is 12.6. The minimum Gasteiger partial charge on any atom is -0.342 e. The highest BCUT2D eigenvalue weighted by molar-refractivity contribution is 5.79. The van der Waals surface area contributed by atoms with Gasteiger partial charge in [0.2, 0.25) is 5.91 Å². The van der Waals surface area contributed by atoms with Crippen molar-refractivity contribution >= 4 is 16.9 Å². The molecule has 2 aromatic heterocycles. The Morgan fingerprint density at radius 3 is 2.58 bits per heavy atom. The lowest BCUT2D eigenvalue weighted by molar-refractivity contribution is -0.134. The zero-order chi connectivity index (χ0) is 17.4. The van der Waals surface area contributed by atoms with Crippen molar-refractivity contribution in [1.29, 1.82) is 0 Å². The van der Waals surface area contributed by atoms with Gasteiger partial charge < -0.3 is 4.90 Å². The number of aromatic nitrogens is 4. The normalized spacial score (nSPS) is 21.8. The molecule has 3 heterocycles. The first kappa shape index (κ1) is 17.0. The Bertz CT molecular complexity index is 719. The summed E-state index contributed by atoms with van der Waals surface area (Å²) in [6, 6.07) is 0.303. The van der Waals surface area contributed by atoms with Crippen molar-refractivity contribution in [2.45, 2.75) is 60.0 Å². The van der Waals surface area contributed by atoms with Gasteiger partial charge in [0.25, 0.3) is 0 Å². The quantitative estimate of drug-likeness (QED) is 0.865. The molecule has 3 rings (SSSR count). The van der Waals surface area contributed by atoms with E-state index >= 15 is 0 Å². The van der Waals surface area contributed by atoms with Gasteiger partial charge in [0.15, 0.2) is 0 Å². The van der Waals surface area contributed by atoms with Crippen LogP contribution in [0.15, 0.2) is 6.20 Å². The predicted molar refractivity (Wildman–Crippen MR) is 94.8 cm³/mol. The number of likely N-dealkylation sites (tertiary alicyclic amines) is 1. The summed E-state index contributed by atoms with van der Waals surface area (Å²) < 4.78 is 3.94. The number of carbonyl (C=O) groups excluding carboxylic acids is 1. The van der Waals surface area contributed by atoms with E-state index in [1.54, 1.807) is 0 Å². The topological polar surface area (TPSA) is 56.0 Å². The van der Waals surface area contributed by atoms with E-state index in [4.69, 9.17) is 0 Å². The van der Waals surface area contributed by atoms with Crippen LogP contribution in [0.25, 0.3) is 11.0 Å². The highest BCUT2D eigenvalue weighted by atomic mass is 16.2. The predicted octanol–water partition coefficient (Wildman–Crippen LogP) is 3.02. The van der Waals surface area contributed by atoms with Crippen LogP contribution in [-0.2, 0) is 11.3 Å². The van der Waals surface area contributed by atoms with Crippen molar-refractivity contribution < 1.29 is 4.79 Å². The molecule has 0 saturated carbocycles. The Morgan fingerprint density at radius 1 is 1.29 bits per heavy atom. The maximum Gasteiger partial charge on any atom is 0.224 e. The van der Waals surface area contributed by atoms with E-state index in [1.807, 2.05) is 27.4 Å². The summed E-state index contributed by atoms with van der Waals surface area (Å²) in [7, 11) is 0. The molecule has 2 unspecified atom stereocenters. The van der Waals surface area contributed by atoms with Crippen LogP contribution in [0.1, 0.15) is 52.3 Å². The van der Waals surface area contributed by atoms with Gasteiger partial charge in [0.05, 0.1) is 18.4 Å². The molecule has 0 aromatic carbocycles. The molecule has 0 radical (unpaired) electrons. The minimum absolute atomic E-state index is 0.242. The van der Waals surface area contributed by atoms with E-state index in [1.165, 1.54) is 6.42 Å². The van der Waals surface area contributed by atoms with Gasteiger partial charge in [-0.15, -0.1) is 0 Å². The van der Waals surface area contributed by atoms with Crippen LogP contribution in [-0.4, -0.2) is 43.5 Å². The zero-order valence-corrected chi connectivity index (χ0v) is 15.5. The van der Waals surface area contributed by atoms with Crippen LogP contribution >= 0.6 is 0 Å². The number of nitrogens with zero attached hydrogens (tertiary/aromatic N) is 5. The molecule has 6 nitrogen and oxygen atoms in total. The third-order valence-corrected chi connectivity index (χ3v) is 4.92. The number of carbonyl (C=O) groups is 1. The van der Waals surface area contributed by atoms with Gasteiger partial charge in [0, 0.05) is 25.6 Å². The third kappa shape index (κ3) is 3.19. The second-order valence-corrected chi connectivity index (χ2v) is 7.72. The summed E-state index contributed by atoms with van der Waals surface area (Å²) in [5.41, 5.74) is 3.08. The molecule has 0 spiro atoms. The largest absolute Gasteiger partial charge is 0.342 e. The SMILES string of the molecule is Cc1nn(C(C)C)c2cnn(CCC(=O)N3CC(C)CC(C)C3)c12. The smallest absolute Gasteiger partial charge is 0.224 e. The molecule has 6 heteroatoms. The molecule has 2 atom stereocenters. The molecule has 1 saturated heterocycles. The van der Waals surface area contributed by atoms with Crippen LogP contribution in [0.3, 0.4) is 0 Å². The van der Waals surface area contributed by atoms with E-state index in [0.29, 0.717) is 30.8 Å². The van der Waals surface area contributed by atoms with Gasteiger partial charge in [-0.05, 0) is 39.0 Å². The molecule has 1 amide bonds. The highest BCUT2D eigenvalue weighted by Gasteiger charge is 2.25. The van der Waals surface area contributed by atoms with Gasteiger partial charge in [-0.1, -0.05) is 13.8 Å². The fraction of sp³-hybridized carbons (Fsp3) is 0.722. The number of rotatable bonds is 4. The van der Waals surface area contributed by atoms with Gasteiger partial charge in [-0.3, -0.25) is 14.2 Å². The number of piperidine rings is 1. The van der Waals surface area contributed by atoms with Crippen LogP contribution in [0.5, 0.6) is 0 Å².